The Labute approximate surface area is 198 Å². The summed E-state index contributed by atoms with van der Waals surface area (Å²) in [6.45, 7) is 0.0113. The first kappa shape index (κ1) is 24.2. The number of rotatable bonds is 8. The zero-order valence-electron chi connectivity index (χ0n) is 17.6. The van der Waals surface area contributed by atoms with Gasteiger partial charge < -0.3 is 9.47 Å². The highest BCUT2D eigenvalue weighted by Gasteiger charge is 2.14. The fraction of sp³-hybridized carbons (Fsp3) is 0.0870. The average Bonchev–Trinajstić information content (AvgIpc) is 2.82. The number of carbonyl (C=O) groups excluding carboxylic acids is 1. The SMILES string of the molecule is COc1cc(/C=N\NC(=O)c2ccc(C#N)cc2F)cc(Cl)c1OCc1cccc([N+](=O)[O-])c1. The van der Waals surface area contributed by atoms with Crippen LogP contribution in [0.25, 0.3) is 0 Å². The largest absolute Gasteiger partial charge is 0.493 e. The Morgan fingerprint density at radius 3 is 2.76 bits per heavy atom. The average molecular weight is 483 g/mol. The van der Waals surface area contributed by atoms with Crippen molar-refractivity contribution in [3.63, 3.8) is 0 Å². The third-order valence-electron chi connectivity index (χ3n) is 4.48. The molecule has 3 aromatic rings. The van der Waals surface area contributed by atoms with Gasteiger partial charge in [0.15, 0.2) is 11.5 Å². The van der Waals surface area contributed by atoms with E-state index in [1.807, 2.05) is 0 Å². The van der Waals surface area contributed by atoms with Crippen molar-refractivity contribution >= 4 is 29.4 Å². The van der Waals surface area contributed by atoms with E-state index in [1.54, 1.807) is 24.3 Å². The molecule has 0 radical (unpaired) electrons. The smallest absolute Gasteiger partial charge is 0.274 e. The highest BCUT2D eigenvalue weighted by atomic mass is 35.5. The minimum atomic E-state index is -0.846. The van der Waals surface area contributed by atoms with Crippen molar-refractivity contribution in [2.24, 2.45) is 5.10 Å². The molecule has 0 atom stereocenters. The van der Waals surface area contributed by atoms with E-state index in [2.05, 4.69) is 10.5 Å². The first-order valence-corrected chi connectivity index (χ1v) is 9.97. The van der Waals surface area contributed by atoms with Gasteiger partial charge in [0.2, 0.25) is 0 Å². The van der Waals surface area contributed by atoms with Crippen LogP contribution in [0.3, 0.4) is 0 Å². The molecule has 11 heteroatoms. The molecule has 0 aliphatic rings. The number of hydrogen-bond acceptors (Lipinski definition) is 7. The number of amides is 1. The highest BCUT2D eigenvalue weighted by Crippen LogP contribution is 2.36. The van der Waals surface area contributed by atoms with Gasteiger partial charge in [0.1, 0.15) is 12.4 Å². The van der Waals surface area contributed by atoms with E-state index in [4.69, 9.17) is 26.3 Å². The number of non-ortho nitro benzene ring substituents is 1. The van der Waals surface area contributed by atoms with Gasteiger partial charge in [0.05, 0.1) is 40.5 Å². The molecule has 1 amide bonds. The second-order valence-electron chi connectivity index (χ2n) is 6.76. The van der Waals surface area contributed by atoms with Crippen LogP contribution in [-0.4, -0.2) is 24.2 Å². The molecule has 0 heterocycles. The van der Waals surface area contributed by atoms with Crippen molar-refractivity contribution in [2.75, 3.05) is 7.11 Å². The van der Waals surface area contributed by atoms with Gasteiger partial charge in [-0.1, -0.05) is 23.7 Å². The summed E-state index contributed by atoms with van der Waals surface area (Å²) in [6.07, 6.45) is 1.28. The topological polar surface area (TPSA) is 127 Å². The van der Waals surface area contributed by atoms with Crippen LogP contribution in [0, 0.1) is 27.3 Å². The van der Waals surface area contributed by atoms with Crippen LogP contribution in [0.15, 0.2) is 59.7 Å². The molecular weight excluding hydrogens is 467 g/mol. The maximum absolute atomic E-state index is 13.9. The van der Waals surface area contributed by atoms with Gasteiger partial charge in [-0.15, -0.1) is 0 Å². The number of benzene rings is 3. The quantitative estimate of drug-likeness (QED) is 0.284. The van der Waals surface area contributed by atoms with Crippen LogP contribution in [-0.2, 0) is 6.61 Å². The first-order valence-electron chi connectivity index (χ1n) is 9.59. The number of hydrogen-bond donors (Lipinski definition) is 1. The summed E-state index contributed by atoms with van der Waals surface area (Å²) >= 11 is 6.31. The van der Waals surface area contributed by atoms with Crippen LogP contribution in [0.5, 0.6) is 11.5 Å². The molecule has 34 heavy (non-hydrogen) atoms. The number of nitrogens with zero attached hydrogens (tertiary/aromatic N) is 3. The Hall–Kier alpha value is -4.49. The first-order chi connectivity index (χ1) is 16.3. The Kier molecular flexibility index (Phi) is 7.74. The monoisotopic (exact) mass is 482 g/mol. The van der Waals surface area contributed by atoms with Crippen molar-refractivity contribution in [3.05, 3.63) is 97.8 Å². The van der Waals surface area contributed by atoms with Gasteiger partial charge in [-0.3, -0.25) is 14.9 Å². The van der Waals surface area contributed by atoms with E-state index >= 15 is 0 Å². The van der Waals surface area contributed by atoms with Gasteiger partial charge in [-0.05, 0) is 41.5 Å². The molecule has 0 saturated carbocycles. The number of ether oxygens (including phenoxy) is 2. The number of nitrogens with one attached hydrogen (secondary N) is 1. The summed E-state index contributed by atoms with van der Waals surface area (Å²) in [4.78, 5) is 22.6. The van der Waals surface area contributed by atoms with E-state index in [-0.39, 0.29) is 39.9 Å². The Morgan fingerprint density at radius 2 is 2.09 bits per heavy atom. The summed E-state index contributed by atoms with van der Waals surface area (Å²) in [6, 6.07) is 14.3. The van der Waals surface area contributed by atoms with Gasteiger partial charge in [-0.2, -0.15) is 10.4 Å². The number of nitro groups is 1. The van der Waals surface area contributed by atoms with E-state index in [0.29, 0.717) is 11.1 Å². The molecule has 1 N–H and O–H groups in total. The van der Waals surface area contributed by atoms with Crippen molar-refractivity contribution in [2.45, 2.75) is 6.61 Å². The van der Waals surface area contributed by atoms with E-state index < -0.39 is 16.6 Å². The lowest BCUT2D eigenvalue weighted by molar-refractivity contribution is -0.384. The van der Waals surface area contributed by atoms with Crippen LogP contribution in [0.4, 0.5) is 10.1 Å². The van der Waals surface area contributed by atoms with Gasteiger partial charge in [-0.25, -0.2) is 9.82 Å². The lowest BCUT2D eigenvalue weighted by Gasteiger charge is -2.13. The second kappa shape index (κ2) is 10.9. The molecule has 0 aliphatic carbocycles. The lowest BCUT2D eigenvalue weighted by Crippen LogP contribution is -2.19. The summed E-state index contributed by atoms with van der Waals surface area (Å²) in [5.74, 6) is -1.16. The molecule has 0 aromatic heterocycles. The minimum absolute atomic E-state index is 0.0113. The summed E-state index contributed by atoms with van der Waals surface area (Å²) in [7, 11) is 1.41. The maximum Gasteiger partial charge on any atom is 0.274 e. The number of hydrazone groups is 1. The Balaban J connectivity index is 1.71. The van der Waals surface area contributed by atoms with Gasteiger partial charge >= 0.3 is 0 Å². The molecular formula is C23H16ClFN4O5. The molecule has 9 nitrogen and oxygen atoms in total. The number of nitro benzene ring substituents is 1. The van der Waals surface area contributed by atoms with Crippen LogP contribution < -0.4 is 14.9 Å². The highest BCUT2D eigenvalue weighted by molar-refractivity contribution is 6.32. The van der Waals surface area contributed by atoms with Crippen molar-refractivity contribution < 1.29 is 23.6 Å². The molecule has 3 aromatic carbocycles. The fourth-order valence-electron chi connectivity index (χ4n) is 2.86. The lowest BCUT2D eigenvalue weighted by atomic mass is 10.1. The predicted octanol–water partition coefficient (Wildman–Crippen LogP) is 4.61. The van der Waals surface area contributed by atoms with Crippen molar-refractivity contribution in [3.8, 4) is 17.6 Å². The third kappa shape index (κ3) is 5.85. The molecule has 0 bridgehead atoms. The maximum atomic E-state index is 13.9. The number of nitriles is 1. The van der Waals surface area contributed by atoms with E-state index in [0.717, 1.165) is 6.07 Å². The number of carbonyl (C=O) groups is 1. The normalized spacial score (nSPS) is 10.5. The summed E-state index contributed by atoms with van der Waals surface area (Å²) < 4.78 is 25.0. The van der Waals surface area contributed by atoms with E-state index in [1.165, 1.54) is 43.7 Å². The summed E-state index contributed by atoms with van der Waals surface area (Å²) in [5.41, 5.74) is 2.97. The second-order valence-corrected chi connectivity index (χ2v) is 7.16. The summed E-state index contributed by atoms with van der Waals surface area (Å²) in [5, 5.41) is 23.7. The minimum Gasteiger partial charge on any atom is -0.493 e. The van der Waals surface area contributed by atoms with Crippen molar-refractivity contribution in [1.29, 1.82) is 5.26 Å². The van der Waals surface area contributed by atoms with Crippen LogP contribution in [0.2, 0.25) is 5.02 Å². The molecule has 0 fully saturated rings. The number of methoxy groups -OCH3 is 1. The van der Waals surface area contributed by atoms with Gasteiger partial charge in [0.25, 0.3) is 11.6 Å². The van der Waals surface area contributed by atoms with E-state index in [9.17, 15) is 19.3 Å². The predicted molar refractivity (Wildman–Crippen MR) is 122 cm³/mol. The molecule has 3 rings (SSSR count). The zero-order valence-corrected chi connectivity index (χ0v) is 18.4. The molecule has 0 spiro atoms. The molecule has 172 valence electrons. The molecule has 0 saturated heterocycles. The Morgan fingerprint density at radius 1 is 1.29 bits per heavy atom. The molecule has 0 aliphatic heterocycles. The molecule has 0 unspecified atom stereocenters. The fourth-order valence-corrected chi connectivity index (χ4v) is 3.14. The van der Waals surface area contributed by atoms with Crippen LogP contribution in [0.1, 0.15) is 27.0 Å². The van der Waals surface area contributed by atoms with Crippen LogP contribution >= 0.6 is 11.6 Å². The third-order valence-corrected chi connectivity index (χ3v) is 4.76. The Bertz CT molecular complexity index is 1320. The number of halogens is 2. The zero-order chi connectivity index (χ0) is 24.7. The standard InChI is InChI=1S/C23H16ClFN4O5/c1-33-21-10-16(12-27-28-23(30)18-6-5-14(11-26)9-20(18)25)8-19(24)22(21)34-13-15-3-2-4-17(7-15)29(31)32/h2-10,12H,13H2,1H3,(H,28,30)/b27-12-. The van der Waals surface area contributed by atoms with Crippen molar-refractivity contribution in [1.82, 2.24) is 5.43 Å². The van der Waals surface area contributed by atoms with Gasteiger partial charge in [0, 0.05) is 12.1 Å².